The maximum absolute atomic E-state index is 13.7. The Balaban J connectivity index is 2.12. The SMILES string of the molecule is CCCCn1c(-c2cc(OC)c(OC)c(O)c2Br)nc2sc3c(O)cc(C)cc3c2c1=O. The number of rotatable bonds is 6. The lowest BCUT2D eigenvalue weighted by Gasteiger charge is -2.17. The van der Waals surface area contributed by atoms with E-state index in [0.29, 0.717) is 48.5 Å². The number of nitrogens with zero attached hydrogens (tertiary/aromatic N) is 2. The summed E-state index contributed by atoms with van der Waals surface area (Å²) >= 11 is 4.71. The Morgan fingerprint density at radius 3 is 2.59 bits per heavy atom. The molecule has 0 aliphatic rings. The molecule has 0 unspecified atom stereocenters. The summed E-state index contributed by atoms with van der Waals surface area (Å²) in [5.41, 5.74) is 1.19. The normalized spacial score (nSPS) is 11.4. The summed E-state index contributed by atoms with van der Waals surface area (Å²) in [6.45, 7) is 4.39. The molecule has 2 aromatic carbocycles. The van der Waals surface area contributed by atoms with E-state index in [2.05, 4.69) is 22.9 Å². The van der Waals surface area contributed by atoms with E-state index in [1.54, 1.807) is 16.7 Å². The Morgan fingerprint density at radius 1 is 1.19 bits per heavy atom. The van der Waals surface area contributed by atoms with Gasteiger partial charge in [-0.2, -0.15) is 0 Å². The summed E-state index contributed by atoms with van der Waals surface area (Å²) in [4.78, 5) is 19.1. The summed E-state index contributed by atoms with van der Waals surface area (Å²) in [5.74, 6) is 0.914. The molecule has 0 saturated heterocycles. The second kappa shape index (κ2) is 8.63. The fraction of sp³-hybridized carbons (Fsp3) is 0.304. The van der Waals surface area contributed by atoms with E-state index >= 15 is 0 Å². The molecule has 168 valence electrons. The van der Waals surface area contributed by atoms with E-state index in [1.807, 2.05) is 13.0 Å². The topological polar surface area (TPSA) is 93.8 Å². The Morgan fingerprint density at radius 2 is 1.94 bits per heavy atom. The van der Waals surface area contributed by atoms with Gasteiger partial charge in [0.2, 0.25) is 5.75 Å². The predicted octanol–water partition coefficient (Wildman–Crippen LogP) is 5.58. The van der Waals surface area contributed by atoms with Crippen LogP contribution in [0.4, 0.5) is 0 Å². The van der Waals surface area contributed by atoms with Crippen LogP contribution in [-0.4, -0.2) is 34.0 Å². The van der Waals surface area contributed by atoms with Crippen LogP contribution < -0.4 is 15.0 Å². The van der Waals surface area contributed by atoms with Crippen molar-refractivity contribution >= 4 is 47.6 Å². The molecule has 0 fully saturated rings. The van der Waals surface area contributed by atoms with Gasteiger partial charge >= 0.3 is 0 Å². The van der Waals surface area contributed by atoms with Crippen molar-refractivity contribution in [3.8, 4) is 34.4 Å². The molecule has 2 heterocycles. The van der Waals surface area contributed by atoms with Crippen LogP contribution in [0, 0.1) is 6.92 Å². The number of benzene rings is 2. The predicted molar refractivity (Wildman–Crippen MR) is 131 cm³/mol. The molecule has 0 spiro atoms. The lowest BCUT2D eigenvalue weighted by atomic mass is 10.1. The number of hydrogen-bond donors (Lipinski definition) is 2. The first kappa shape index (κ1) is 22.4. The zero-order chi connectivity index (χ0) is 23.2. The van der Waals surface area contributed by atoms with Gasteiger partial charge in [-0.05, 0) is 53.0 Å². The third-order valence-corrected chi connectivity index (χ3v) is 7.30. The number of aromatic nitrogens is 2. The molecule has 0 aliphatic heterocycles. The van der Waals surface area contributed by atoms with Crippen molar-refractivity contribution in [3.05, 3.63) is 38.6 Å². The number of phenolic OH excluding ortho intramolecular Hbond substituents is 2. The van der Waals surface area contributed by atoms with Crippen LogP contribution in [0.5, 0.6) is 23.0 Å². The highest BCUT2D eigenvalue weighted by molar-refractivity contribution is 9.10. The standard InChI is InChI=1S/C23H23BrN2O5S/c1-5-6-7-26-21(13-10-15(30-3)19(31-4)18(28)17(13)24)25-22-16(23(26)29)12-8-11(2)9-14(27)20(12)32-22/h8-10,27-28H,5-7H2,1-4H3. The summed E-state index contributed by atoms with van der Waals surface area (Å²) in [6.07, 6.45) is 1.68. The lowest BCUT2D eigenvalue weighted by molar-refractivity contribution is 0.332. The molecule has 32 heavy (non-hydrogen) atoms. The van der Waals surface area contributed by atoms with Crippen molar-refractivity contribution in [1.82, 2.24) is 9.55 Å². The lowest BCUT2D eigenvalue weighted by Crippen LogP contribution is -2.23. The van der Waals surface area contributed by atoms with E-state index in [9.17, 15) is 15.0 Å². The zero-order valence-corrected chi connectivity index (χ0v) is 20.6. The second-order valence-electron chi connectivity index (χ2n) is 7.51. The number of fused-ring (bicyclic) bond motifs is 3. The largest absolute Gasteiger partial charge is 0.506 e. The van der Waals surface area contributed by atoms with E-state index < -0.39 is 0 Å². The van der Waals surface area contributed by atoms with Crippen molar-refractivity contribution in [3.63, 3.8) is 0 Å². The number of unbranched alkanes of at least 4 members (excludes halogenated alkanes) is 1. The van der Waals surface area contributed by atoms with Crippen LogP contribution in [0.25, 0.3) is 31.7 Å². The number of methoxy groups -OCH3 is 2. The fourth-order valence-electron chi connectivity index (χ4n) is 3.83. The molecule has 0 aliphatic carbocycles. The second-order valence-corrected chi connectivity index (χ2v) is 9.30. The Hall–Kier alpha value is -2.78. The Labute approximate surface area is 197 Å². The van der Waals surface area contributed by atoms with Crippen LogP contribution in [0.2, 0.25) is 0 Å². The van der Waals surface area contributed by atoms with E-state index in [0.717, 1.165) is 18.4 Å². The average molecular weight is 519 g/mol. The van der Waals surface area contributed by atoms with Crippen LogP contribution in [0.15, 0.2) is 27.5 Å². The zero-order valence-electron chi connectivity index (χ0n) is 18.2. The molecule has 0 saturated carbocycles. The number of phenols is 2. The summed E-state index contributed by atoms with van der Waals surface area (Å²) < 4.78 is 13.3. The minimum Gasteiger partial charge on any atom is -0.506 e. The number of halogens is 1. The molecule has 9 heteroatoms. The minimum atomic E-state index is -0.184. The van der Waals surface area contributed by atoms with Crippen molar-refractivity contribution in [1.29, 1.82) is 0 Å². The number of aromatic hydroxyl groups is 2. The van der Waals surface area contributed by atoms with Crippen molar-refractivity contribution in [2.24, 2.45) is 0 Å². The van der Waals surface area contributed by atoms with E-state index in [4.69, 9.17) is 14.5 Å². The summed E-state index contributed by atoms with van der Waals surface area (Å²) in [7, 11) is 2.92. The highest BCUT2D eigenvalue weighted by Gasteiger charge is 2.24. The smallest absolute Gasteiger partial charge is 0.263 e. The van der Waals surface area contributed by atoms with Gasteiger partial charge in [-0.25, -0.2) is 4.98 Å². The van der Waals surface area contributed by atoms with Crippen LogP contribution >= 0.6 is 27.3 Å². The third-order valence-electron chi connectivity index (χ3n) is 5.38. The van der Waals surface area contributed by atoms with Gasteiger partial charge in [0.05, 0.1) is 28.8 Å². The highest BCUT2D eigenvalue weighted by atomic mass is 79.9. The maximum atomic E-state index is 13.7. The number of aryl methyl sites for hydroxylation is 1. The first-order valence-corrected chi connectivity index (χ1v) is 11.7. The maximum Gasteiger partial charge on any atom is 0.263 e. The van der Waals surface area contributed by atoms with Gasteiger partial charge < -0.3 is 19.7 Å². The Bertz CT molecular complexity index is 1410. The molecule has 4 aromatic rings. The molecule has 0 atom stereocenters. The first-order valence-electron chi connectivity index (χ1n) is 10.1. The molecule has 2 N–H and O–H groups in total. The molecule has 0 bridgehead atoms. The van der Waals surface area contributed by atoms with Crippen molar-refractivity contribution in [2.45, 2.75) is 33.2 Å². The first-order chi connectivity index (χ1) is 15.3. The van der Waals surface area contributed by atoms with Crippen LogP contribution in [0.3, 0.4) is 0 Å². The van der Waals surface area contributed by atoms with Gasteiger partial charge in [0.25, 0.3) is 5.56 Å². The van der Waals surface area contributed by atoms with E-state index in [1.165, 1.54) is 25.6 Å². The molecule has 7 nitrogen and oxygen atoms in total. The van der Waals surface area contributed by atoms with Gasteiger partial charge in [0.1, 0.15) is 16.4 Å². The van der Waals surface area contributed by atoms with Crippen molar-refractivity contribution < 1.29 is 19.7 Å². The summed E-state index contributed by atoms with van der Waals surface area (Å²) in [5, 5.41) is 22.3. The van der Waals surface area contributed by atoms with Gasteiger partial charge in [-0.1, -0.05) is 13.3 Å². The third kappa shape index (κ3) is 3.49. The van der Waals surface area contributed by atoms with Crippen LogP contribution in [0.1, 0.15) is 25.3 Å². The molecule has 2 aromatic heterocycles. The van der Waals surface area contributed by atoms with Crippen molar-refractivity contribution in [2.75, 3.05) is 14.2 Å². The van der Waals surface area contributed by atoms with Gasteiger partial charge in [0.15, 0.2) is 11.5 Å². The average Bonchev–Trinajstić information content (AvgIpc) is 3.13. The van der Waals surface area contributed by atoms with E-state index in [-0.39, 0.29) is 22.8 Å². The molecular weight excluding hydrogens is 496 g/mol. The highest BCUT2D eigenvalue weighted by Crippen LogP contribution is 2.47. The number of thiophene rings is 1. The quantitative estimate of drug-likeness (QED) is 0.346. The molecule has 4 rings (SSSR count). The van der Waals surface area contributed by atoms with Gasteiger partial charge in [0, 0.05) is 17.5 Å². The number of ether oxygens (including phenoxy) is 2. The number of hydrogen-bond acceptors (Lipinski definition) is 7. The minimum absolute atomic E-state index is 0.133. The fourth-order valence-corrected chi connectivity index (χ4v) is 5.36. The molecular formula is C23H23BrN2O5S. The molecule has 0 amide bonds. The monoisotopic (exact) mass is 518 g/mol. The summed E-state index contributed by atoms with van der Waals surface area (Å²) in [6, 6.07) is 5.27. The molecule has 0 radical (unpaired) electrons. The van der Waals surface area contributed by atoms with Crippen LogP contribution in [-0.2, 0) is 6.54 Å². The Kier molecular flexibility index (Phi) is 6.05. The van der Waals surface area contributed by atoms with Gasteiger partial charge in [-0.3, -0.25) is 9.36 Å². The van der Waals surface area contributed by atoms with Gasteiger partial charge in [-0.15, -0.1) is 11.3 Å².